The summed E-state index contributed by atoms with van der Waals surface area (Å²) in [6.07, 6.45) is 2.98. The SMILES string of the molecule is CCCCS(=O)(=O)c1ccc(C(CCC)CC(=O)Nc2cc(CC(=O)O)ccc2C(C)(C)C)c(OC)c1. The van der Waals surface area contributed by atoms with E-state index in [1.54, 1.807) is 30.3 Å². The smallest absolute Gasteiger partial charge is 0.307 e. The first-order chi connectivity index (χ1) is 17.3. The number of hydrogen-bond acceptors (Lipinski definition) is 5. The van der Waals surface area contributed by atoms with Crippen LogP contribution in [0, 0.1) is 0 Å². The van der Waals surface area contributed by atoms with Gasteiger partial charge in [-0.25, -0.2) is 8.42 Å². The quantitative estimate of drug-likeness (QED) is 0.323. The van der Waals surface area contributed by atoms with E-state index in [2.05, 4.69) is 5.32 Å². The number of aliphatic carboxylic acids is 1. The number of ether oxygens (including phenoxy) is 1. The lowest BCUT2D eigenvalue weighted by atomic mass is 9.84. The molecule has 0 aliphatic heterocycles. The Morgan fingerprint density at radius 2 is 1.76 bits per heavy atom. The Hall–Kier alpha value is -2.87. The van der Waals surface area contributed by atoms with Crippen LogP contribution in [0.2, 0.25) is 0 Å². The van der Waals surface area contributed by atoms with Crippen LogP contribution in [0.25, 0.3) is 0 Å². The van der Waals surface area contributed by atoms with Crippen LogP contribution >= 0.6 is 0 Å². The molecule has 37 heavy (non-hydrogen) atoms. The average molecular weight is 532 g/mol. The van der Waals surface area contributed by atoms with Gasteiger partial charge >= 0.3 is 5.97 Å². The molecule has 2 aromatic carbocycles. The number of nitrogens with one attached hydrogen (secondary N) is 1. The fraction of sp³-hybridized carbons (Fsp3) is 0.517. The third-order valence-electron chi connectivity index (χ3n) is 6.36. The first kappa shape index (κ1) is 30.4. The first-order valence-electron chi connectivity index (χ1n) is 12.9. The standard InChI is InChI=1S/C29H41NO6S/c1-7-9-15-37(34,35)22-12-13-23(26(19-22)36-6)21(10-8-2)18-27(31)30-25-16-20(17-28(32)33)11-14-24(25)29(3,4)5/h11-14,16,19,21H,7-10,15,17-18H2,1-6H3,(H,30,31)(H,32,33). The number of sulfone groups is 1. The molecule has 0 fully saturated rings. The highest BCUT2D eigenvalue weighted by atomic mass is 32.2. The second-order valence-corrected chi connectivity index (χ2v) is 12.6. The number of hydrogen-bond donors (Lipinski definition) is 2. The van der Waals surface area contributed by atoms with Crippen LogP contribution in [0.3, 0.4) is 0 Å². The zero-order valence-corrected chi connectivity index (χ0v) is 23.7. The molecule has 0 saturated carbocycles. The molecule has 1 unspecified atom stereocenters. The van der Waals surface area contributed by atoms with Crippen LogP contribution in [0.15, 0.2) is 41.3 Å². The number of anilines is 1. The van der Waals surface area contributed by atoms with Crippen LogP contribution in [0.1, 0.15) is 89.3 Å². The van der Waals surface area contributed by atoms with Crippen molar-refractivity contribution in [2.24, 2.45) is 0 Å². The lowest BCUT2D eigenvalue weighted by Crippen LogP contribution is -2.21. The van der Waals surface area contributed by atoms with Crippen LogP contribution in [-0.4, -0.2) is 38.3 Å². The Morgan fingerprint density at radius 1 is 1.05 bits per heavy atom. The number of amides is 1. The third-order valence-corrected chi connectivity index (χ3v) is 8.16. The molecule has 2 rings (SSSR count). The topological polar surface area (TPSA) is 110 Å². The van der Waals surface area contributed by atoms with E-state index in [1.807, 2.05) is 40.7 Å². The van der Waals surface area contributed by atoms with Crippen molar-refractivity contribution in [2.75, 3.05) is 18.2 Å². The summed E-state index contributed by atoms with van der Waals surface area (Å²) in [5, 5.41) is 12.2. The van der Waals surface area contributed by atoms with Gasteiger partial charge in [-0.15, -0.1) is 0 Å². The van der Waals surface area contributed by atoms with Crippen molar-refractivity contribution in [1.82, 2.24) is 0 Å². The summed E-state index contributed by atoms with van der Waals surface area (Å²) in [6, 6.07) is 10.3. The molecule has 0 spiro atoms. The van der Waals surface area contributed by atoms with Gasteiger partial charge in [-0.1, -0.05) is 65.7 Å². The van der Waals surface area contributed by atoms with E-state index in [-0.39, 0.29) is 40.7 Å². The number of rotatable bonds is 13. The summed E-state index contributed by atoms with van der Waals surface area (Å²) >= 11 is 0. The van der Waals surface area contributed by atoms with Crippen molar-refractivity contribution in [3.63, 3.8) is 0 Å². The molecule has 1 amide bonds. The van der Waals surface area contributed by atoms with Crippen molar-refractivity contribution < 1.29 is 27.9 Å². The normalized spacial score (nSPS) is 12.7. The highest BCUT2D eigenvalue weighted by molar-refractivity contribution is 7.91. The first-order valence-corrected chi connectivity index (χ1v) is 14.5. The monoisotopic (exact) mass is 531 g/mol. The summed E-state index contributed by atoms with van der Waals surface area (Å²) in [4.78, 5) is 24.7. The van der Waals surface area contributed by atoms with E-state index < -0.39 is 15.8 Å². The van der Waals surface area contributed by atoms with Crippen molar-refractivity contribution in [3.05, 3.63) is 53.1 Å². The minimum absolute atomic E-state index is 0.0872. The predicted octanol–water partition coefficient (Wildman–Crippen LogP) is 6.11. The summed E-state index contributed by atoms with van der Waals surface area (Å²) < 4.78 is 31.0. The number of carboxylic acid groups (broad SMARTS) is 1. The van der Waals surface area contributed by atoms with E-state index in [1.165, 1.54) is 7.11 Å². The van der Waals surface area contributed by atoms with Crippen molar-refractivity contribution in [1.29, 1.82) is 0 Å². The molecule has 0 radical (unpaired) electrons. The van der Waals surface area contributed by atoms with Gasteiger partial charge in [0.1, 0.15) is 5.75 Å². The molecular formula is C29H41NO6S. The maximum atomic E-state index is 13.3. The molecule has 0 aliphatic carbocycles. The minimum atomic E-state index is -3.41. The third kappa shape index (κ3) is 8.59. The van der Waals surface area contributed by atoms with Gasteiger partial charge < -0.3 is 15.2 Å². The molecule has 2 aromatic rings. The number of methoxy groups -OCH3 is 1. The molecule has 7 nitrogen and oxygen atoms in total. The highest BCUT2D eigenvalue weighted by Crippen LogP contribution is 2.36. The van der Waals surface area contributed by atoms with Gasteiger partial charge in [-0.2, -0.15) is 0 Å². The fourth-order valence-corrected chi connectivity index (χ4v) is 5.92. The number of unbranched alkanes of at least 4 members (excludes halogenated alkanes) is 1. The Balaban J connectivity index is 2.36. The van der Waals surface area contributed by atoms with E-state index in [4.69, 9.17) is 4.74 Å². The molecule has 0 heterocycles. The van der Waals surface area contributed by atoms with Gasteiger partial charge in [0.2, 0.25) is 5.91 Å². The number of carbonyl (C=O) groups excluding carboxylic acids is 1. The fourth-order valence-electron chi connectivity index (χ4n) is 4.45. The molecule has 1 atom stereocenters. The molecule has 2 N–H and O–H groups in total. The molecule has 0 bridgehead atoms. The Bertz CT molecular complexity index is 1200. The van der Waals surface area contributed by atoms with Gasteiger partial charge in [-0.3, -0.25) is 9.59 Å². The molecular weight excluding hydrogens is 490 g/mol. The minimum Gasteiger partial charge on any atom is -0.496 e. The molecule has 0 aliphatic rings. The van der Waals surface area contributed by atoms with Crippen LogP contribution < -0.4 is 10.1 Å². The van der Waals surface area contributed by atoms with E-state index >= 15 is 0 Å². The van der Waals surface area contributed by atoms with Gasteiger partial charge in [0.05, 0.1) is 24.2 Å². The Kier molecular flexibility index (Phi) is 10.7. The number of carbonyl (C=O) groups is 2. The van der Waals surface area contributed by atoms with Crippen molar-refractivity contribution in [2.45, 2.75) is 89.4 Å². The van der Waals surface area contributed by atoms with Crippen LogP contribution in [0.5, 0.6) is 5.75 Å². The highest BCUT2D eigenvalue weighted by Gasteiger charge is 2.24. The van der Waals surface area contributed by atoms with E-state index in [0.29, 0.717) is 23.4 Å². The second kappa shape index (κ2) is 13.1. The maximum absolute atomic E-state index is 13.3. The van der Waals surface area contributed by atoms with Crippen molar-refractivity contribution >= 4 is 27.4 Å². The zero-order chi connectivity index (χ0) is 27.8. The summed E-state index contributed by atoms with van der Waals surface area (Å²) in [6.45, 7) is 10.1. The van der Waals surface area contributed by atoms with Gasteiger partial charge in [0, 0.05) is 12.1 Å². The average Bonchev–Trinajstić information content (AvgIpc) is 2.81. The van der Waals surface area contributed by atoms with Crippen LogP contribution in [0.4, 0.5) is 5.69 Å². The van der Waals surface area contributed by atoms with Gasteiger partial charge in [-0.05, 0) is 59.1 Å². The lowest BCUT2D eigenvalue weighted by molar-refractivity contribution is -0.136. The maximum Gasteiger partial charge on any atom is 0.307 e. The number of benzene rings is 2. The van der Waals surface area contributed by atoms with Crippen molar-refractivity contribution in [3.8, 4) is 5.75 Å². The number of carboxylic acids is 1. The van der Waals surface area contributed by atoms with Gasteiger partial charge in [0.15, 0.2) is 9.84 Å². The predicted molar refractivity (Wildman–Crippen MR) is 147 cm³/mol. The lowest BCUT2D eigenvalue weighted by Gasteiger charge is -2.25. The molecule has 8 heteroatoms. The zero-order valence-electron chi connectivity index (χ0n) is 22.9. The van der Waals surface area contributed by atoms with Gasteiger partial charge in [0.25, 0.3) is 0 Å². The molecule has 204 valence electrons. The van der Waals surface area contributed by atoms with E-state index in [0.717, 1.165) is 30.4 Å². The van der Waals surface area contributed by atoms with E-state index in [9.17, 15) is 23.1 Å². The second-order valence-electron chi connectivity index (χ2n) is 10.5. The summed E-state index contributed by atoms with van der Waals surface area (Å²) in [5.74, 6) is -0.756. The Labute approximate surface area is 221 Å². The van der Waals surface area contributed by atoms with Crippen LogP contribution in [-0.2, 0) is 31.3 Å². The summed E-state index contributed by atoms with van der Waals surface area (Å²) in [7, 11) is -1.90. The molecule has 0 saturated heterocycles. The largest absolute Gasteiger partial charge is 0.496 e. The molecule has 0 aromatic heterocycles. The summed E-state index contributed by atoms with van der Waals surface area (Å²) in [5.41, 5.74) is 2.68. The Morgan fingerprint density at radius 3 is 2.32 bits per heavy atom.